The van der Waals surface area contributed by atoms with Gasteiger partial charge in [0.25, 0.3) is 0 Å². The molecule has 2 aliphatic rings. The van der Waals surface area contributed by atoms with Crippen LogP contribution in [0.15, 0.2) is 11.8 Å². The Morgan fingerprint density at radius 1 is 1.28 bits per heavy atom. The van der Waals surface area contributed by atoms with Crippen LogP contribution in [-0.4, -0.2) is 7.11 Å². The van der Waals surface area contributed by atoms with Crippen LogP contribution in [0, 0.1) is 22.2 Å². The molecule has 0 radical (unpaired) electrons. The van der Waals surface area contributed by atoms with Crippen molar-refractivity contribution in [3.8, 4) is 0 Å². The van der Waals surface area contributed by atoms with Gasteiger partial charge in [0.2, 0.25) is 0 Å². The van der Waals surface area contributed by atoms with Crippen molar-refractivity contribution in [3.05, 3.63) is 11.8 Å². The quantitative estimate of drug-likeness (QED) is 0.657. The maximum absolute atomic E-state index is 5.46. The Hall–Kier alpha value is -0.460. The van der Waals surface area contributed by atoms with Crippen LogP contribution in [-0.2, 0) is 4.74 Å². The summed E-state index contributed by atoms with van der Waals surface area (Å²) in [5.41, 5.74) is 1.56. The van der Waals surface area contributed by atoms with Crippen molar-refractivity contribution in [1.29, 1.82) is 0 Å². The molecule has 0 aromatic heterocycles. The maximum Gasteiger partial charge on any atom is 0.0915 e. The van der Waals surface area contributed by atoms with Crippen molar-refractivity contribution >= 4 is 0 Å². The highest BCUT2D eigenvalue weighted by molar-refractivity contribution is 5.20. The molecule has 0 aliphatic heterocycles. The van der Waals surface area contributed by atoms with Gasteiger partial charge in [0.05, 0.1) is 12.9 Å². The minimum Gasteiger partial charge on any atom is -0.501 e. The Bertz CT molecular complexity index is 345. The average molecular weight is 250 g/mol. The van der Waals surface area contributed by atoms with E-state index in [0.29, 0.717) is 16.2 Å². The van der Waals surface area contributed by atoms with Crippen molar-refractivity contribution in [3.63, 3.8) is 0 Å². The van der Waals surface area contributed by atoms with Crippen LogP contribution in [0.1, 0.15) is 66.7 Å². The summed E-state index contributed by atoms with van der Waals surface area (Å²) in [5, 5.41) is 0. The second-order valence-corrected chi connectivity index (χ2v) is 8.11. The molecule has 18 heavy (non-hydrogen) atoms. The van der Waals surface area contributed by atoms with Gasteiger partial charge in [0.1, 0.15) is 0 Å². The average Bonchev–Trinajstić information content (AvgIpc) is 2.79. The fraction of sp³-hybridized carbons (Fsp3) is 0.882. The molecule has 0 aromatic carbocycles. The molecule has 1 nitrogen and oxygen atoms in total. The number of hydrogen-bond donors (Lipinski definition) is 0. The number of ether oxygens (including phenoxy) is 1. The minimum absolute atomic E-state index is 0.454. The van der Waals surface area contributed by atoms with Gasteiger partial charge in [0, 0.05) is 6.42 Å². The molecule has 2 rings (SSSR count). The lowest BCUT2D eigenvalue weighted by atomic mass is 9.84. The third-order valence-corrected chi connectivity index (χ3v) is 5.60. The fourth-order valence-electron chi connectivity index (χ4n) is 4.37. The van der Waals surface area contributed by atoms with E-state index in [1.807, 2.05) is 7.11 Å². The van der Waals surface area contributed by atoms with Crippen LogP contribution in [0.2, 0.25) is 0 Å². The Morgan fingerprint density at radius 2 is 1.94 bits per heavy atom. The first kappa shape index (κ1) is 14.0. The second kappa shape index (κ2) is 4.28. The standard InChI is InChI=1S/C17H30O/c1-15(2,3)12-14-16(4,5)17(14)10-7-8-13(18-6)9-11-17/h8,14H,7,9-12H2,1-6H3. The maximum atomic E-state index is 5.46. The molecule has 1 saturated carbocycles. The molecule has 0 saturated heterocycles. The number of rotatable bonds is 2. The van der Waals surface area contributed by atoms with Gasteiger partial charge in [-0.3, -0.25) is 0 Å². The summed E-state index contributed by atoms with van der Waals surface area (Å²) in [5.74, 6) is 2.11. The first-order valence-corrected chi connectivity index (χ1v) is 7.46. The lowest BCUT2D eigenvalue weighted by Crippen LogP contribution is -2.11. The monoisotopic (exact) mass is 250 g/mol. The largest absolute Gasteiger partial charge is 0.501 e. The van der Waals surface area contributed by atoms with Gasteiger partial charge in [-0.1, -0.05) is 34.6 Å². The van der Waals surface area contributed by atoms with Gasteiger partial charge in [-0.15, -0.1) is 0 Å². The number of methoxy groups -OCH3 is 1. The van der Waals surface area contributed by atoms with Crippen molar-refractivity contribution in [1.82, 2.24) is 0 Å². The number of allylic oxidation sites excluding steroid dienone is 2. The van der Waals surface area contributed by atoms with Crippen LogP contribution in [0.3, 0.4) is 0 Å². The molecule has 0 N–H and O–H groups in total. The van der Waals surface area contributed by atoms with Crippen LogP contribution < -0.4 is 0 Å². The summed E-state index contributed by atoms with van der Waals surface area (Å²) in [4.78, 5) is 0. The summed E-state index contributed by atoms with van der Waals surface area (Å²) in [7, 11) is 1.81. The van der Waals surface area contributed by atoms with E-state index in [-0.39, 0.29) is 0 Å². The van der Waals surface area contributed by atoms with E-state index in [1.165, 1.54) is 31.4 Å². The third-order valence-electron chi connectivity index (χ3n) is 5.60. The third kappa shape index (κ3) is 2.21. The topological polar surface area (TPSA) is 9.23 Å². The van der Waals surface area contributed by atoms with Crippen molar-refractivity contribution in [2.45, 2.75) is 66.7 Å². The summed E-state index contributed by atoms with van der Waals surface area (Å²) in [6.07, 6.45) is 8.70. The molecule has 1 spiro atoms. The predicted molar refractivity (Wildman–Crippen MR) is 77.3 cm³/mol. The molecule has 2 atom stereocenters. The van der Waals surface area contributed by atoms with Gasteiger partial charge >= 0.3 is 0 Å². The number of hydrogen-bond acceptors (Lipinski definition) is 1. The smallest absolute Gasteiger partial charge is 0.0915 e. The highest BCUT2D eigenvalue weighted by atomic mass is 16.5. The van der Waals surface area contributed by atoms with E-state index in [9.17, 15) is 0 Å². The van der Waals surface area contributed by atoms with E-state index < -0.39 is 0 Å². The summed E-state index contributed by atoms with van der Waals surface area (Å²) < 4.78 is 5.46. The van der Waals surface area contributed by atoms with Crippen molar-refractivity contribution in [2.24, 2.45) is 22.2 Å². The Kier molecular flexibility index (Phi) is 3.32. The van der Waals surface area contributed by atoms with Gasteiger partial charge in [-0.25, -0.2) is 0 Å². The molecule has 2 unspecified atom stereocenters. The molecular weight excluding hydrogens is 220 g/mol. The predicted octanol–water partition coefficient (Wildman–Crippen LogP) is 5.17. The van der Waals surface area contributed by atoms with Gasteiger partial charge < -0.3 is 4.74 Å². The first-order chi connectivity index (χ1) is 8.23. The van der Waals surface area contributed by atoms with E-state index in [1.54, 1.807) is 0 Å². The van der Waals surface area contributed by atoms with E-state index in [2.05, 4.69) is 40.7 Å². The zero-order chi connectivity index (χ0) is 13.6. The zero-order valence-electron chi connectivity index (χ0n) is 13.1. The van der Waals surface area contributed by atoms with Crippen LogP contribution in [0.25, 0.3) is 0 Å². The first-order valence-electron chi connectivity index (χ1n) is 7.46. The summed E-state index contributed by atoms with van der Waals surface area (Å²) >= 11 is 0. The van der Waals surface area contributed by atoms with Gasteiger partial charge in [-0.2, -0.15) is 0 Å². The van der Waals surface area contributed by atoms with Gasteiger partial charge in [0.15, 0.2) is 0 Å². The SMILES string of the molecule is COC1=CCCC2(CC1)C(CC(C)(C)C)C2(C)C. The molecule has 2 aliphatic carbocycles. The second-order valence-electron chi connectivity index (χ2n) is 8.11. The van der Waals surface area contributed by atoms with Gasteiger partial charge in [-0.05, 0) is 53.9 Å². The van der Waals surface area contributed by atoms with Crippen molar-refractivity contribution < 1.29 is 4.74 Å². The lowest BCUT2D eigenvalue weighted by molar-refractivity contribution is 0.255. The molecule has 1 fully saturated rings. The van der Waals surface area contributed by atoms with Crippen LogP contribution in [0.5, 0.6) is 0 Å². The van der Waals surface area contributed by atoms with E-state index in [4.69, 9.17) is 4.74 Å². The van der Waals surface area contributed by atoms with E-state index >= 15 is 0 Å². The molecule has 0 heterocycles. The molecule has 0 amide bonds. The summed E-state index contributed by atoms with van der Waals surface area (Å²) in [6.45, 7) is 12.1. The minimum atomic E-state index is 0.454. The zero-order valence-corrected chi connectivity index (χ0v) is 13.1. The lowest BCUT2D eigenvalue weighted by Gasteiger charge is -2.21. The fourth-order valence-corrected chi connectivity index (χ4v) is 4.37. The highest BCUT2D eigenvalue weighted by Gasteiger charge is 2.69. The van der Waals surface area contributed by atoms with E-state index in [0.717, 1.165) is 12.3 Å². The molecular formula is C17H30O. The highest BCUT2D eigenvalue weighted by Crippen LogP contribution is 2.76. The molecule has 0 bridgehead atoms. The van der Waals surface area contributed by atoms with Crippen molar-refractivity contribution in [2.75, 3.05) is 7.11 Å². The summed E-state index contributed by atoms with van der Waals surface area (Å²) in [6, 6.07) is 0. The normalized spacial score (nSPS) is 35.0. The molecule has 1 heteroatoms. The Labute approximate surface area is 113 Å². The Balaban J connectivity index is 2.09. The van der Waals surface area contributed by atoms with Crippen LogP contribution in [0.4, 0.5) is 0 Å². The molecule has 104 valence electrons. The van der Waals surface area contributed by atoms with Crippen LogP contribution >= 0.6 is 0 Å². The Morgan fingerprint density at radius 3 is 2.50 bits per heavy atom. The molecule has 0 aromatic rings.